The number of hydrogen-bond acceptors (Lipinski definition) is 2. The van der Waals surface area contributed by atoms with Gasteiger partial charge in [-0.25, -0.2) is 4.79 Å². The average Bonchev–Trinajstić information content (AvgIpc) is 2.40. The summed E-state index contributed by atoms with van der Waals surface area (Å²) in [6.45, 7) is 8.77. The molecule has 0 fully saturated rings. The van der Waals surface area contributed by atoms with Gasteiger partial charge in [0.15, 0.2) is 0 Å². The number of urea groups is 1. The van der Waals surface area contributed by atoms with Gasteiger partial charge in [0.2, 0.25) is 0 Å². The maximum atomic E-state index is 11.5. The normalized spacial score (nSPS) is 11.8. The molecule has 1 aromatic carbocycles. The van der Waals surface area contributed by atoms with Crippen LogP contribution in [0.5, 0.6) is 5.75 Å². The number of halogens is 1. The molecule has 5 heteroatoms. The highest BCUT2D eigenvalue weighted by Crippen LogP contribution is 2.25. The van der Waals surface area contributed by atoms with E-state index in [0.29, 0.717) is 13.2 Å². The molecule has 0 aliphatic heterocycles. The lowest BCUT2D eigenvalue weighted by molar-refractivity contribution is 0.233. The maximum absolute atomic E-state index is 11.5. The van der Waals surface area contributed by atoms with Gasteiger partial charge in [-0.1, -0.05) is 18.5 Å². The lowest BCUT2D eigenvalue weighted by Crippen LogP contribution is -2.41. The first-order chi connectivity index (χ1) is 9.43. The van der Waals surface area contributed by atoms with Gasteiger partial charge in [-0.2, -0.15) is 0 Å². The van der Waals surface area contributed by atoms with E-state index in [-0.39, 0.29) is 12.1 Å². The molecule has 1 rings (SSSR count). The summed E-state index contributed by atoms with van der Waals surface area (Å²) < 4.78 is 5.60. The first-order valence-electron chi connectivity index (χ1n) is 6.88. The van der Waals surface area contributed by atoms with Crippen LogP contribution in [0.15, 0.2) is 12.1 Å². The van der Waals surface area contributed by atoms with Crippen LogP contribution in [0.1, 0.15) is 31.4 Å². The van der Waals surface area contributed by atoms with Crippen LogP contribution in [0, 0.1) is 13.8 Å². The molecule has 2 N–H and O–H groups in total. The molecule has 112 valence electrons. The molecule has 0 aliphatic rings. The Hall–Kier alpha value is -1.42. The van der Waals surface area contributed by atoms with Crippen LogP contribution in [0.4, 0.5) is 4.79 Å². The quantitative estimate of drug-likeness (QED) is 0.791. The Balaban J connectivity index is 2.33. The molecule has 1 atom stereocenters. The Bertz CT molecular complexity index is 440. The summed E-state index contributed by atoms with van der Waals surface area (Å²) in [5, 5.41) is 6.36. The average molecular weight is 299 g/mol. The highest BCUT2D eigenvalue weighted by Gasteiger charge is 2.05. The summed E-state index contributed by atoms with van der Waals surface area (Å²) in [5.41, 5.74) is 1.98. The number of carbonyl (C=O) groups excluding carboxylic acids is 1. The molecule has 0 spiro atoms. The van der Waals surface area contributed by atoms with E-state index in [1.165, 1.54) is 0 Å². The first kappa shape index (κ1) is 16.6. The standard InChI is InChI=1S/C15H23ClN2O2/c1-5-12(4)18-15(19)17-6-7-20-13-8-10(2)14(16)11(3)9-13/h8-9,12H,5-7H2,1-4H3,(H2,17,18,19). The molecule has 0 heterocycles. The van der Waals surface area contributed by atoms with Crippen molar-refractivity contribution in [3.05, 3.63) is 28.3 Å². The topological polar surface area (TPSA) is 50.4 Å². The van der Waals surface area contributed by atoms with Gasteiger partial charge in [0.1, 0.15) is 12.4 Å². The number of ether oxygens (including phenoxy) is 1. The van der Waals surface area contributed by atoms with Gasteiger partial charge in [-0.15, -0.1) is 0 Å². The Morgan fingerprint density at radius 2 is 1.95 bits per heavy atom. The minimum Gasteiger partial charge on any atom is -0.492 e. The maximum Gasteiger partial charge on any atom is 0.315 e. The third-order valence-corrected chi connectivity index (χ3v) is 3.65. The summed E-state index contributed by atoms with van der Waals surface area (Å²) in [6.07, 6.45) is 0.910. The predicted molar refractivity (Wildman–Crippen MR) is 82.7 cm³/mol. The Kier molecular flexibility index (Phi) is 6.65. The van der Waals surface area contributed by atoms with Crippen molar-refractivity contribution < 1.29 is 9.53 Å². The summed E-state index contributed by atoms with van der Waals surface area (Å²) in [5.74, 6) is 0.772. The number of amides is 2. The van der Waals surface area contributed by atoms with Crippen LogP contribution in [0.25, 0.3) is 0 Å². The highest BCUT2D eigenvalue weighted by molar-refractivity contribution is 6.32. The van der Waals surface area contributed by atoms with E-state index in [1.807, 2.05) is 39.8 Å². The third kappa shape index (κ3) is 5.29. The summed E-state index contributed by atoms with van der Waals surface area (Å²) in [4.78, 5) is 11.5. The van der Waals surface area contributed by atoms with Crippen molar-refractivity contribution in [2.45, 2.75) is 40.2 Å². The van der Waals surface area contributed by atoms with E-state index in [4.69, 9.17) is 16.3 Å². The monoisotopic (exact) mass is 298 g/mol. The number of nitrogens with one attached hydrogen (secondary N) is 2. The summed E-state index contributed by atoms with van der Waals surface area (Å²) in [6, 6.07) is 3.81. The number of rotatable bonds is 6. The number of carbonyl (C=O) groups is 1. The van der Waals surface area contributed by atoms with Crippen molar-refractivity contribution >= 4 is 17.6 Å². The van der Waals surface area contributed by atoms with Crippen molar-refractivity contribution in [3.8, 4) is 5.75 Å². The second-order valence-electron chi connectivity index (χ2n) is 4.93. The fraction of sp³-hybridized carbons (Fsp3) is 0.533. The second kappa shape index (κ2) is 8.00. The molecule has 0 aliphatic carbocycles. The van der Waals surface area contributed by atoms with E-state index in [1.54, 1.807) is 0 Å². The van der Waals surface area contributed by atoms with Gasteiger partial charge in [0.05, 0.1) is 6.54 Å². The van der Waals surface area contributed by atoms with E-state index >= 15 is 0 Å². The van der Waals surface area contributed by atoms with Crippen molar-refractivity contribution in [1.82, 2.24) is 10.6 Å². The minimum absolute atomic E-state index is 0.161. The number of hydrogen-bond donors (Lipinski definition) is 2. The Labute approximate surface area is 125 Å². The molecular formula is C15H23ClN2O2. The van der Waals surface area contributed by atoms with Crippen molar-refractivity contribution in [1.29, 1.82) is 0 Å². The Morgan fingerprint density at radius 1 is 1.35 bits per heavy atom. The first-order valence-corrected chi connectivity index (χ1v) is 7.25. The molecule has 4 nitrogen and oxygen atoms in total. The summed E-state index contributed by atoms with van der Waals surface area (Å²) in [7, 11) is 0. The van der Waals surface area contributed by atoms with Gasteiger partial charge in [0, 0.05) is 11.1 Å². The molecule has 20 heavy (non-hydrogen) atoms. The fourth-order valence-corrected chi connectivity index (χ4v) is 1.81. The summed E-state index contributed by atoms with van der Waals surface area (Å²) >= 11 is 6.09. The van der Waals surface area contributed by atoms with Crippen LogP contribution in [0.2, 0.25) is 5.02 Å². The second-order valence-corrected chi connectivity index (χ2v) is 5.31. The van der Waals surface area contributed by atoms with E-state index in [0.717, 1.165) is 28.3 Å². The van der Waals surface area contributed by atoms with Gasteiger partial charge in [0.25, 0.3) is 0 Å². The van der Waals surface area contributed by atoms with Crippen LogP contribution in [-0.4, -0.2) is 25.2 Å². The molecule has 0 aromatic heterocycles. The van der Waals surface area contributed by atoms with Crippen molar-refractivity contribution in [3.63, 3.8) is 0 Å². The molecule has 0 saturated carbocycles. The van der Waals surface area contributed by atoms with E-state index in [2.05, 4.69) is 10.6 Å². The largest absolute Gasteiger partial charge is 0.492 e. The van der Waals surface area contributed by atoms with Crippen LogP contribution >= 0.6 is 11.6 Å². The SMILES string of the molecule is CCC(C)NC(=O)NCCOc1cc(C)c(Cl)c(C)c1. The lowest BCUT2D eigenvalue weighted by Gasteiger charge is -2.13. The number of aryl methyl sites for hydroxylation is 2. The van der Waals surface area contributed by atoms with E-state index in [9.17, 15) is 4.79 Å². The van der Waals surface area contributed by atoms with Gasteiger partial charge < -0.3 is 15.4 Å². The van der Waals surface area contributed by atoms with Gasteiger partial charge >= 0.3 is 6.03 Å². The van der Waals surface area contributed by atoms with Crippen LogP contribution in [-0.2, 0) is 0 Å². The minimum atomic E-state index is -0.161. The molecule has 1 unspecified atom stereocenters. The van der Waals surface area contributed by atoms with Crippen molar-refractivity contribution in [2.24, 2.45) is 0 Å². The van der Waals surface area contributed by atoms with Gasteiger partial charge in [-0.05, 0) is 50.5 Å². The molecule has 2 amide bonds. The van der Waals surface area contributed by atoms with Crippen LogP contribution < -0.4 is 15.4 Å². The number of benzene rings is 1. The zero-order chi connectivity index (χ0) is 15.1. The zero-order valence-corrected chi connectivity index (χ0v) is 13.3. The predicted octanol–water partition coefficient (Wildman–Crippen LogP) is 3.43. The zero-order valence-electron chi connectivity index (χ0n) is 12.5. The molecule has 0 saturated heterocycles. The molecule has 0 radical (unpaired) electrons. The third-order valence-electron chi connectivity index (χ3n) is 3.06. The van der Waals surface area contributed by atoms with Crippen LogP contribution in [0.3, 0.4) is 0 Å². The smallest absolute Gasteiger partial charge is 0.315 e. The highest BCUT2D eigenvalue weighted by atomic mass is 35.5. The molecule has 0 bridgehead atoms. The fourth-order valence-electron chi connectivity index (χ4n) is 1.70. The lowest BCUT2D eigenvalue weighted by atomic mass is 10.1. The molecule has 1 aromatic rings. The van der Waals surface area contributed by atoms with Gasteiger partial charge in [-0.3, -0.25) is 0 Å². The van der Waals surface area contributed by atoms with Crippen molar-refractivity contribution in [2.75, 3.05) is 13.2 Å². The van der Waals surface area contributed by atoms with E-state index < -0.39 is 0 Å². The Morgan fingerprint density at radius 3 is 2.50 bits per heavy atom. The molecular weight excluding hydrogens is 276 g/mol.